The summed E-state index contributed by atoms with van der Waals surface area (Å²) in [5, 5.41) is 0. The van der Waals surface area contributed by atoms with Crippen molar-refractivity contribution >= 4 is 5.65 Å². The summed E-state index contributed by atoms with van der Waals surface area (Å²) in [5.41, 5.74) is 5.37. The lowest BCUT2D eigenvalue weighted by molar-refractivity contribution is -1.02. The zero-order valence-corrected chi connectivity index (χ0v) is 16.2. The number of hydrogen-bond acceptors (Lipinski definition) is 2. The molecule has 27 heavy (non-hydrogen) atoms. The standard InChI is InChI=1S/C22H26N4O/c1-17-5-3-7-19(13-17)15-24-9-11-25(12-10-24)16-20-14-22(27)26-18(2)6-4-8-21(26)23-20/h3-8,13-14H,9-12,15-16H2,1-2H3/p+2. The van der Waals surface area contributed by atoms with Crippen LogP contribution in [0.5, 0.6) is 0 Å². The number of benzene rings is 1. The van der Waals surface area contributed by atoms with Crippen LogP contribution in [0, 0.1) is 13.8 Å². The van der Waals surface area contributed by atoms with Crippen LogP contribution >= 0.6 is 0 Å². The molecule has 3 aromatic rings. The molecule has 5 nitrogen and oxygen atoms in total. The van der Waals surface area contributed by atoms with Crippen LogP contribution in [0.1, 0.15) is 22.5 Å². The molecular weight excluding hydrogens is 336 g/mol. The second kappa shape index (κ2) is 7.62. The van der Waals surface area contributed by atoms with Crippen LogP contribution in [0.3, 0.4) is 0 Å². The van der Waals surface area contributed by atoms with E-state index >= 15 is 0 Å². The van der Waals surface area contributed by atoms with Crippen molar-refractivity contribution < 1.29 is 9.80 Å². The van der Waals surface area contributed by atoms with Gasteiger partial charge in [0.05, 0.1) is 0 Å². The summed E-state index contributed by atoms with van der Waals surface area (Å²) >= 11 is 0. The van der Waals surface area contributed by atoms with E-state index in [4.69, 9.17) is 4.98 Å². The molecule has 1 fully saturated rings. The molecule has 0 atom stereocenters. The third kappa shape index (κ3) is 4.10. The molecule has 2 N–H and O–H groups in total. The highest BCUT2D eigenvalue weighted by atomic mass is 16.1. The minimum atomic E-state index is 0.0243. The van der Waals surface area contributed by atoms with Gasteiger partial charge in [-0.25, -0.2) is 4.98 Å². The Morgan fingerprint density at radius 3 is 2.37 bits per heavy atom. The van der Waals surface area contributed by atoms with Crippen molar-refractivity contribution in [3.05, 3.63) is 81.4 Å². The van der Waals surface area contributed by atoms with Gasteiger partial charge in [-0.1, -0.05) is 35.9 Å². The van der Waals surface area contributed by atoms with E-state index in [0.29, 0.717) is 0 Å². The van der Waals surface area contributed by atoms with Crippen molar-refractivity contribution in [2.45, 2.75) is 26.9 Å². The topological polar surface area (TPSA) is 43.2 Å². The van der Waals surface area contributed by atoms with E-state index in [1.807, 2.05) is 25.1 Å². The summed E-state index contributed by atoms with van der Waals surface area (Å²) in [5.74, 6) is 0. The third-order valence-corrected chi connectivity index (χ3v) is 5.57. The van der Waals surface area contributed by atoms with Gasteiger partial charge in [-0.15, -0.1) is 0 Å². The van der Waals surface area contributed by atoms with Crippen molar-refractivity contribution in [3.63, 3.8) is 0 Å². The molecule has 3 heterocycles. The highest BCUT2D eigenvalue weighted by Gasteiger charge is 2.23. The largest absolute Gasteiger partial charge is 0.322 e. The lowest BCUT2D eigenvalue weighted by Crippen LogP contribution is -3.27. The van der Waals surface area contributed by atoms with Crippen molar-refractivity contribution in [3.8, 4) is 0 Å². The van der Waals surface area contributed by atoms with E-state index in [0.717, 1.165) is 56.3 Å². The Morgan fingerprint density at radius 2 is 1.63 bits per heavy atom. The average Bonchev–Trinajstić information content (AvgIpc) is 2.63. The van der Waals surface area contributed by atoms with E-state index < -0.39 is 0 Å². The number of nitrogens with one attached hydrogen (secondary N) is 2. The summed E-state index contributed by atoms with van der Waals surface area (Å²) in [4.78, 5) is 20.3. The minimum Gasteiger partial charge on any atom is -0.322 e. The number of quaternary nitrogens is 2. The summed E-state index contributed by atoms with van der Waals surface area (Å²) in [7, 11) is 0. The third-order valence-electron chi connectivity index (χ3n) is 5.57. The second-order valence-electron chi connectivity index (χ2n) is 7.79. The minimum absolute atomic E-state index is 0.0243. The maximum Gasteiger partial charge on any atom is 0.258 e. The molecule has 1 aromatic carbocycles. The predicted octanol–water partition coefficient (Wildman–Crippen LogP) is -0.205. The summed E-state index contributed by atoms with van der Waals surface area (Å²) in [6.07, 6.45) is 0. The maximum absolute atomic E-state index is 12.5. The molecule has 2 aromatic heterocycles. The van der Waals surface area contributed by atoms with Gasteiger partial charge in [-0.3, -0.25) is 9.20 Å². The van der Waals surface area contributed by atoms with E-state index in [1.165, 1.54) is 16.0 Å². The molecule has 140 valence electrons. The monoisotopic (exact) mass is 364 g/mol. The van der Waals surface area contributed by atoms with E-state index in [2.05, 4.69) is 31.2 Å². The first-order valence-electron chi connectivity index (χ1n) is 9.79. The number of hydrogen-bond donors (Lipinski definition) is 2. The number of pyridine rings is 1. The SMILES string of the molecule is Cc1cccc(C[NH+]2CC[NH+](Cc3cc(=O)n4c(C)cccc4n3)CC2)c1. The molecule has 0 saturated carbocycles. The highest BCUT2D eigenvalue weighted by molar-refractivity contribution is 5.40. The van der Waals surface area contributed by atoms with Gasteiger partial charge >= 0.3 is 0 Å². The Kier molecular flexibility index (Phi) is 5.05. The molecule has 1 saturated heterocycles. The van der Waals surface area contributed by atoms with Crippen LogP contribution in [0.2, 0.25) is 0 Å². The van der Waals surface area contributed by atoms with Gasteiger partial charge in [0.25, 0.3) is 5.56 Å². The van der Waals surface area contributed by atoms with Crippen molar-refractivity contribution in [1.29, 1.82) is 0 Å². The predicted molar refractivity (Wildman–Crippen MR) is 106 cm³/mol. The van der Waals surface area contributed by atoms with Gasteiger partial charge in [-0.05, 0) is 26.0 Å². The molecule has 0 unspecified atom stereocenters. The van der Waals surface area contributed by atoms with Gasteiger partial charge in [0.1, 0.15) is 50.6 Å². The molecule has 1 aliphatic heterocycles. The van der Waals surface area contributed by atoms with Crippen LogP contribution in [-0.4, -0.2) is 35.6 Å². The van der Waals surface area contributed by atoms with Gasteiger partial charge in [0.15, 0.2) is 0 Å². The lowest BCUT2D eigenvalue weighted by Gasteiger charge is -2.29. The number of fused-ring (bicyclic) bond motifs is 1. The maximum atomic E-state index is 12.5. The van der Waals surface area contributed by atoms with Gasteiger partial charge in [0.2, 0.25) is 0 Å². The lowest BCUT2D eigenvalue weighted by atomic mass is 10.1. The number of aromatic nitrogens is 2. The Balaban J connectivity index is 1.39. The summed E-state index contributed by atoms with van der Waals surface area (Å²) in [6.45, 7) is 10.6. The first kappa shape index (κ1) is 17.9. The average molecular weight is 364 g/mol. The van der Waals surface area contributed by atoms with Crippen molar-refractivity contribution in [1.82, 2.24) is 9.38 Å². The molecule has 0 bridgehead atoms. The smallest absolute Gasteiger partial charge is 0.258 e. The Morgan fingerprint density at radius 1 is 0.926 bits per heavy atom. The second-order valence-corrected chi connectivity index (χ2v) is 7.79. The molecule has 5 heteroatoms. The summed E-state index contributed by atoms with van der Waals surface area (Å²) in [6, 6.07) is 16.3. The van der Waals surface area contributed by atoms with Gasteiger partial charge < -0.3 is 9.80 Å². The molecule has 0 radical (unpaired) electrons. The van der Waals surface area contributed by atoms with Crippen molar-refractivity contribution in [2.75, 3.05) is 26.2 Å². The Labute approximate surface area is 159 Å². The van der Waals surface area contributed by atoms with Gasteiger partial charge in [-0.2, -0.15) is 0 Å². The fourth-order valence-electron chi connectivity index (χ4n) is 4.13. The fraction of sp³-hybridized carbons (Fsp3) is 0.364. The fourth-order valence-corrected chi connectivity index (χ4v) is 4.13. The van der Waals surface area contributed by atoms with Crippen LogP contribution in [0.4, 0.5) is 0 Å². The van der Waals surface area contributed by atoms with Crippen molar-refractivity contribution in [2.24, 2.45) is 0 Å². The zero-order valence-electron chi connectivity index (χ0n) is 16.2. The summed E-state index contributed by atoms with van der Waals surface area (Å²) < 4.78 is 1.68. The van der Waals surface area contributed by atoms with Crippen LogP contribution in [0.25, 0.3) is 5.65 Å². The molecule has 0 amide bonds. The van der Waals surface area contributed by atoms with E-state index in [-0.39, 0.29) is 5.56 Å². The Bertz CT molecular complexity index is 1000. The molecule has 0 spiro atoms. The highest BCUT2D eigenvalue weighted by Crippen LogP contribution is 2.03. The normalized spacial score (nSPS) is 20.1. The number of nitrogens with zero attached hydrogens (tertiary/aromatic N) is 2. The van der Waals surface area contributed by atoms with Gasteiger partial charge in [0, 0.05) is 17.3 Å². The number of rotatable bonds is 4. The van der Waals surface area contributed by atoms with Crippen LogP contribution in [0.15, 0.2) is 53.3 Å². The number of piperazine rings is 1. The van der Waals surface area contributed by atoms with Crippen LogP contribution < -0.4 is 15.4 Å². The molecule has 4 rings (SSSR count). The first-order chi connectivity index (χ1) is 13.1. The van der Waals surface area contributed by atoms with Crippen LogP contribution in [-0.2, 0) is 13.1 Å². The quantitative estimate of drug-likeness (QED) is 0.673. The zero-order chi connectivity index (χ0) is 18.8. The molecule has 0 aliphatic carbocycles. The number of aryl methyl sites for hydroxylation is 2. The molecule has 1 aliphatic rings. The first-order valence-corrected chi connectivity index (χ1v) is 9.79. The molecular formula is C22H28N4O+2. The Hall–Kier alpha value is -2.50. The van der Waals surface area contributed by atoms with E-state index in [1.54, 1.807) is 15.4 Å². The van der Waals surface area contributed by atoms with E-state index in [9.17, 15) is 4.79 Å².